The molecule has 84 valence electrons. The number of rotatable bonds is 3. The molecular weight excluding hydrogens is 214 g/mol. The van der Waals surface area contributed by atoms with E-state index < -0.39 is 5.54 Å². The average molecular weight is 230 g/mol. The Bertz CT molecular complexity index is 358. The Morgan fingerprint density at radius 3 is 2.07 bits per heavy atom. The molecule has 0 amide bonds. The van der Waals surface area contributed by atoms with E-state index in [9.17, 15) is 0 Å². The van der Waals surface area contributed by atoms with Gasteiger partial charge in [-0.05, 0) is 19.9 Å². The predicted octanol–water partition coefficient (Wildman–Crippen LogP) is 2.55. The van der Waals surface area contributed by atoms with Gasteiger partial charge in [0.1, 0.15) is 11.5 Å². The third-order valence-corrected chi connectivity index (χ3v) is 2.46. The van der Waals surface area contributed by atoms with Crippen molar-refractivity contribution in [2.75, 3.05) is 14.2 Å². The highest BCUT2D eigenvalue weighted by Gasteiger charge is 2.21. The van der Waals surface area contributed by atoms with E-state index in [1.807, 2.05) is 13.8 Å². The summed E-state index contributed by atoms with van der Waals surface area (Å²) in [7, 11) is 3.16. The van der Waals surface area contributed by atoms with Crippen LogP contribution in [0.5, 0.6) is 11.5 Å². The minimum Gasteiger partial charge on any atom is -0.496 e. The van der Waals surface area contributed by atoms with E-state index in [0.29, 0.717) is 16.5 Å². The summed E-state index contributed by atoms with van der Waals surface area (Å²) in [5.74, 6) is 1.27. The molecule has 0 saturated carbocycles. The molecule has 0 atom stereocenters. The molecule has 0 saturated heterocycles. The van der Waals surface area contributed by atoms with Crippen molar-refractivity contribution < 1.29 is 9.47 Å². The van der Waals surface area contributed by atoms with Crippen LogP contribution in [0.2, 0.25) is 5.02 Å². The lowest BCUT2D eigenvalue weighted by Gasteiger charge is -2.23. The standard InChI is InChI=1S/C11H16ClNO2/c1-11(2,13)7-5-8(12)10(15-4)6-9(7)14-3/h5-6H,13H2,1-4H3. The van der Waals surface area contributed by atoms with E-state index in [2.05, 4.69) is 0 Å². The number of benzene rings is 1. The second-order valence-corrected chi connectivity index (χ2v) is 4.32. The molecule has 1 aromatic carbocycles. The highest BCUT2D eigenvalue weighted by Crippen LogP contribution is 2.36. The van der Waals surface area contributed by atoms with Gasteiger partial charge in [-0.25, -0.2) is 0 Å². The Hall–Kier alpha value is -0.930. The second-order valence-electron chi connectivity index (χ2n) is 3.91. The minimum atomic E-state index is -0.499. The Morgan fingerprint density at radius 2 is 1.67 bits per heavy atom. The summed E-state index contributed by atoms with van der Waals surface area (Å²) in [6, 6.07) is 3.52. The zero-order valence-electron chi connectivity index (χ0n) is 9.43. The van der Waals surface area contributed by atoms with Crippen LogP contribution in [0.25, 0.3) is 0 Å². The van der Waals surface area contributed by atoms with Crippen molar-refractivity contribution in [1.82, 2.24) is 0 Å². The van der Waals surface area contributed by atoms with Crippen molar-refractivity contribution in [3.8, 4) is 11.5 Å². The largest absolute Gasteiger partial charge is 0.496 e. The molecular formula is C11H16ClNO2. The van der Waals surface area contributed by atoms with Crippen molar-refractivity contribution in [3.05, 3.63) is 22.7 Å². The van der Waals surface area contributed by atoms with Gasteiger partial charge in [-0.3, -0.25) is 0 Å². The molecule has 0 aliphatic heterocycles. The van der Waals surface area contributed by atoms with Crippen LogP contribution in [0, 0.1) is 0 Å². The van der Waals surface area contributed by atoms with Crippen molar-refractivity contribution in [1.29, 1.82) is 0 Å². The summed E-state index contributed by atoms with van der Waals surface area (Å²) in [5.41, 5.74) is 6.37. The van der Waals surface area contributed by atoms with Crippen molar-refractivity contribution in [2.45, 2.75) is 19.4 Å². The molecule has 2 N–H and O–H groups in total. The zero-order valence-corrected chi connectivity index (χ0v) is 10.2. The number of ether oxygens (including phenoxy) is 2. The van der Waals surface area contributed by atoms with Gasteiger partial charge in [0.2, 0.25) is 0 Å². The molecule has 0 aliphatic carbocycles. The first-order chi connectivity index (χ1) is 6.90. The molecule has 0 heterocycles. The van der Waals surface area contributed by atoms with Crippen molar-refractivity contribution in [3.63, 3.8) is 0 Å². The number of methoxy groups -OCH3 is 2. The quantitative estimate of drug-likeness (QED) is 0.867. The first kappa shape index (κ1) is 12.1. The second kappa shape index (κ2) is 4.29. The van der Waals surface area contributed by atoms with E-state index >= 15 is 0 Å². The Kier molecular flexibility index (Phi) is 3.47. The van der Waals surface area contributed by atoms with Gasteiger partial charge < -0.3 is 15.2 Å². The minimum absolute atomic E-state index is 0.499. The lowest BCUT2D eigenvalue weighted by Crippen LogP contribution is -2.29. The van der Waals surface area contributed by atoms with Gasteiger partial charge in [0.25, 0.3) is 0 Å². The molecule has 15 heavy (non-hydrogen) atoms. The predicted molar refractivity (Wildman–Crippen MR) is 61.8 cm³/mol. The van der Waals surface area contributed by atoms with Gasteiger partial charge in [0.15, 0.2) is 0 Å². The Labute approximate surface area is 95.1 Å². The number of nitrogens with two attached hydrogens (primary N) is 1. The SMILES string of the molecule is COc1cc(OC)c(C(C)(C)N)cc1Cl. The maximum absolute atomic E-state index is 6.03. The lowest BCUT2D eigenvalue weighted by atomic mass is 9.94. The summed E-state index contributed by atoms with van der Waals surface area (Å²) in [4.78, 5) is 0. The van der Waals surface area contributed by atoms with Crippen molar-refractivity contribution >= 4 is 11.6 Å². The van der Waals surface area contributed by atoms with Crippen LogP contribution in [0.3, 0.4) is 0 Å². The smallest absolute Gasteiger partial charge is 0.141 e. The lowest BCUT2D eigenvalue weighted by molar-refractivity contribution is 0.381. The fraction of sp³-hybridized carbons (Fsp3) is 0.455. The molecule has 0 aromatic heterocycles. The normalized spacial score (nSPS) is 11.3. The maximum Gasteiger partial charge on any atom is 0.141 e. The summed E-state index contributed by atoms with van der Waals surface area (Å²) in [5, 5.41) is 0.534. The number of halogens is 1. The van der Waals surface area contributed by atoms with Crippen LogP contribution in [0.4, 0.5) is 0 Å². The fourth-order valence-electron chi connectivity index (χ4n) is 1.36. The highest BCUT2D eigenvalue weighted by atomic mass is 35.5. The monoisotopic (exact) mass is 229 g/mol. The molecule has 1 aromatic rings. The van der Waals surface area contributed by atoms with Crippen LogP contribution in [0.1, 0.15) is 19.4 Å². The maximum atomic E-state index is 6.03. The van der Waals surface area contributed by atoms with Crippen LogP contribution in [-0.4, -0.2) is 14.2 Å². The van der Waals surface area contributed by atoms with Gasteiger partial charge in [0, 0.05) is 17.2 Å². The van der Waals surface area contributed by atoms with Gasteiger partial charge in [-0.1, -0.05) is 11.6 Å². The molecule has 0 radical (unpaired) electrons. The summed E-state index contributed by atoms with van der Waals surface area (Å²) >= 11 is 6.03. The van der Waals surface area contributed by atoms with Gasteiger partial charge in [-0.2, -0.15) is 0 Å². The van der Waals surface area contributed by atoms with Crippen LogP contribution in [0.15, 0.2) is 12.1 Å². The van der Waals surface area contributed by atoms with E-state index in [1.165, 1.54) is 0 Å². The molecule has 0 aliphatic rings. The van der Waals surface area contributed by atoms with Crippen LogP contribution < -0.4 is 15.2 Å². The molecule has 0 spiro atoms. The number of hydrogen-bond donors (Lipinski definition) is 1. The third-order valence-electron chi connectivity index (χ3n) is 2.17. The summed E-state index contributed by atoms with van der Waals surface area (Å²) < 4.78 is 10.4. The Morgan fingerprint density at radius 1 is 1.13 bits per heavy atom. The first-order valence-electron chi connectivity index (χ1n) is 4.61. The van der Waals surface area contributed by atoms with E-state index in [1.54, 1.807) is 26.4 Å². The molecule has 3 nitrogen and oxygen atoms in total. The van der Waals surface area contributed by atoms with E-state index in [4.69, 9.17) is 26.8 Å². The van der Waals surface area contributed by atoms with Crippen LogP contribution >= 0.6 is 11.6 Å². The molecule has 0 fully saturated rings. The highest BCUT2D eigenvalue weighted by molar-refractivity contribution is 6.32. The molecule has 4 heteroatoms. The van der Waals surface area contributed by atoms with Gasteiger partial charge in [0.05, 0.1) is 19.2 Å². The van der Waals surface area contributed by atoms with E-state index in [-0.39, 0.29) is 0 Å². The average Bonchev–Trinajstić information content (AvgIpc) is 2.16. The number of hydrogen-bond acceptors (Lipinski definition) is 3. The first-order valence-corrected chi connectivity index (χ1v) is 4.99. The van der Waals surface area contributed by atoms with Gasteiger partial charge in [-0.15, -0.1) is 0 Å². The molecule has 1 rings (SSSR count). The molecule has 0 bridgehead atoms. The van der Waals surface area contributed by atoms with E-state index in [0.717, 1.165) is 5.56 Å². The Balaban J connectivity index is 3.34. The summed E-state index contributed by atoms with van der Waals surface area (Å²) in [6.45, 7) is 3.79. The van der Waals surface area contributed by atoms with Gasteiger partial charge >= 0.3 is 0 Å². The summed E-state index contributed by atoms with van der Waals surface area (Å²) in [6.07, 6.45) is 0. The zero-order chi connectivity index (χ0) is 11.6. The third kappa shape index (κ3) is 2.55. The fourth-order valence-corrected chi connectivity index (χ4v) is 1.60. The molecule has 0 unspecified atom stereocenters. The van der Waals surface area contributed by atoms with Crippen LogP contribution in [-0.2, 0) is 5.54 Å². The topological polar surface area (TPSA) is 44.5 Å². The van der Waals surface area contributed by atoms with Crippen molar-refractivity contribution in [2.24, 2.45) is 5.73 Å².